The van der Waals surface area contributed by atoms with Crippen LogP contribution in [0.15, 0.2) is 85.2 Å². The fourth-order valence-corrected chi connectivity index (χ4v) is 4.09. The summed E-state index contributed by atoms with van der Waals surface area (Å²) in [5.74, 6) is 6.32. The van der Waals surface area contributed by atoms with E-state index in [4.69, 9.17) is 9.47 Å². The lowest BCUT2D eigenvalue weighted by molar-refractivity contribution is -0.120. The van der Waals surface area contributed by atoms with Gasteiger partial charge in [0, 0.05) is 31.1 Å². The molecule has 9 nitrogen and oxygen atoms in total. The number of benzene rings is 2. The summed E-state index contributed by atoms with van der Waals surface area (Å²) in [6.45, 7) is 3.17. The van der Waals surface area contributed by atoms with Gasteiger partial charge in [-0.25, -0.2) is 4.98 Å². The molecule has 3 heterocycles. The van der Waals surface area contributed by atoms with Crippen molar-refractivity contribution < 1.29 is 24.2 Å². The molecule has 1 unspecified atom stereocenters. The Kier molecular flexibility index (Phi) is 7.68. The van der Waals surface area contributed by atoms with Crippen molar-refractivity contribution >= 4 is 17.5 Å². The number of ether oxygens (including phenoxy) is 2. The van der Waals surface area contributed by atoms with Gasteiger partial charge in [-0.2, -0.15) is 0 Å². The van der Waals surface area contributed by atoms with E-state index >= 15 is 0 Å². The van der Waals surface area contributed by atoms with Crippen molar-refractivity contribution in [2.75, 3.05) is 18.6 Å². The zero-order valence-electron chi connectivity index (χ0n) is 22.8. The first-order valence-electron chi connectivity index (χ1n) is 12.9. The summed E-state index contributed by atoms with van der Waals surface area (Å²) in [6, 6.07) is 20.6. The molecule has 2 N–H and O–H groups in total. The van der Waals surface area contributed by atoms with Gasteiger partial charge in [0.05, 0.1) is 5.69 Å². The minimum atomic E-state index is -1.11. The van der Waals surface area contributed by atoms with Crippen LogP contribution in [0.5, 0.6) is 17.2 Å². The highest BCUT2D eigenvalue weighted by molar-refractivity contribution is 6.03. The molecule has 2 amide bonds. The molecular weight excluding hydrogens is 520 g/mol. The van der Waals surface area contributed by atoms with Crippen LogP contribution in [0.2, 0.25) is 0 Å². The van der Waals surface area contributed by atoms with E-state index in [0.717, 1.165) is 11.1 Å². The molecule has 0 spiro atoms. The number of hydrogen-bond acceptors (Lipinski definition) is 7. The Morgan fingerprint density at radius 3 is 2.56 bits per heavy atom. The predicted molar refractivity (Wildman–Crippen MR) is 154 cm³/mol. The number of nitrogens with zero attached hydrogens (tertiary/aromatic N) is 3. The number of aromatic nitrogens is 2. The Hall–Kier alpha value is -5.20. The van der Waals surface area contributed by atoms with Gasteiger partial charge in [0.15, 0.2) is 0 Å². The second kappa shape index (κ2) is 11.5. The van der Waals surface area contributed by atoms with Crippen molar-refractivity contribution in [1.82, 2.24) is 15.3 Å². The lowest BCUT2D eigenvalue weighted by atomic mass is 10.1. The molecule has 0 fully saturated rings. The molecule has 1 aliphatic heterocycles. The highest BCUT2D eigenvalue weighted by atomic mass is 16.5. The quantitative estimate of drug-likeness (QED) is 0.359. The Bertz CT molecular complexity index is 1640. The van der Waals surface area contributed by atoms with Crippen LogP contribution in [0.4, 0.5) is 5.69 Å². The number of amides is 2. The first kappa shape index (κ1) is 27.4. The highest BCUT2D eigenvalue weighted by Gasteiger charge is 2.31. The summed E-state index contributed by atoms with van der Waals surface area (Å²) in [6.07, 6.45) is 3.16. The van der Waals surface area contributed by atoms with Crippen LogP contribution in [0, 0.1) is 11.8 Å². The third-order valence-electron chi connectivity index (χ3n) is 6.20. The van der Waals surface area contributed by atoms with Crippen molar-refractivity contribution in [1.29, 1.82) is 0 Å². The van der Waals surface area contributed by atoms with E-state index in [2.05, 4.69) is 27.1 Å². The molecule has 0 bridgehead atoms. The summed E-state index contributed by atoms with van der Waals surface area (Å²) in [5.41, 5.74) is 1.74. The second-order valence-electron chi connectivity index (χ2n) is 9.95. The smallest absolute Gasteiger partial charge is 0.270 e. The molecule has 0 saturated carbocycles. The van der Waals surface area contributed by atoms with E-state index in [1.807, 2.05) is 36.4 Å². The Morgan fingerprint density at radius 2 is 1.83 bits per heavy atom. The van der Waals surface area contributed by atoms with Crippen LogP contribution in [-0.4, -0.2) is 52.2 Å². The lowest BCUT2D eigenvalue weighted by Crippen LogP contribution is -2.49. The van der Waals surface area contributed by atoms with Crippen molar-refractivity contribution in [3.05, 3.63) is 96.6 Å². The van der Waals surface area contributed by atoms with E-state index in [1.165, 1.54) is 17.2 Å². The number of carbonyl (C=O) groups is 2. The number of hydrogen-bond donors (Lipinski definition) is 2. The maximum atomic E-state index is 13.4. The van der Waals surface area contributed by atoms with Gasteiger partial charge in [-0.1, -0.05) is 36.3 Å². The standard InChI is InChI=1S/C32H28N4O5/c1-32(2,39)15-13-23-11-9-22(19-34-23)21-10-12-29-28(17-21)36(3)31(38)27(20-40-29)35-30(37)26-18-25(14-16-33-26)41-24-7-5-4-6-8-24/h4-12,14,16-19,27,39H,20H2,1-3H3,(H,35,37). The number of anilines is 1. The Balaban J connectivity index is 1.29. The number of rotatable bonds is 5. The average molecular weight is 549 g/mol. The number of pyridine rings is 2. The summed E-state index contributed by atoms with van der Waals surface area (Å²) in [4.78, 5) is 36.4. The van der Waals surface area contributed by atoms with E-state index in [-0.39, 0.29) is 18.2 Å². The maximum Gasteiger partial charge on any atom is 0.270 e. The first-order valence-corrected chi connectivity index (χ1v) is 12.9. The fourth-order valence-electron chi connectivity index (χ4n) is 4.09. The molecule has 0 aliphatic carbocycles. The van der Waals surface area contributed by atoms with Gasteiger partial charge in [-0.05, 0) is 61.7 Å². The number of fused-ring (bicyclic) bond motifs is 1. The monoisotopic (exact) mass is 548 g/mol. The first-order chi connectivity index (χ1) is 19.7. The van der Waals surface area contributed by atoms with Crippen molar-refractivity contribution in [3.63, 3.8) is 0 Å². The van der Waals surface area contributed by atoms with Crippen molar-refractivity contribution in [2.45, 2.75) is 25.5 Å². The molecule has 1 atom stereocenters. The van der Waals surface area contributed by atoms with Crippen LogP contribution in [-0.2, 0) is 4.79 Å². The second-order valence-corrected chi connectivity index (χ2v) is 9.95. The van der Waals surface area contributed by atoms with Gasteiger partial charge in [-0.3, -0.25) is 14.6 Å². The molecule has 2 aromatic heterocycles. The van der Waals surface area contributed by atoms with E-state index < -0.39 is 17.6 Å². The van der Waals surface area contributed by atoms with Crippen molar-refractivity contribution in [3.8, 4) is 40.2 Å². The molecule has 1 aliphatic rings. The summed E-state index contributed by atoms with van der Waals surface area (Å²) < 4.78 is 11.7. The predicted octanol–water partition coefficient (Wildman–Crippen LogP) is 4.21. The zero-order valence-corrected chi connectivity index (χ0v) is 22.8. The number of para-hydroxylation sites is 1. The normalized spacial score (nSPS) is 14.6. The summed E-state index contributed by atoms with van der Waals surface area (Å²) in [7, 11) is 1.64. The Morgan fingerprint density at radius 1 is 1.05 bits per heavy atom. The van der Waals surface area contributed by atoms with Crippen LogP contribution in [0.1, 0.15) is 30.0 Å². The fraction of sp³-hybridized carbons (Fsp3) is 0.188. The SMILES string of the molecule is CN1C(=O)C(NC(=O)c2cc(Oc3ccccc3)ccn2)COc2ccc(-c3ccc(C#CC(C)(C)O)nc3)cc21. The topological polar surface area (TPSA) is 114 Å². The van der Waals surface area contributed by atoms with Crippen molar-refractivity contribution in [2.24, 2.45) is 0 Å². The van der Waals surface area contributed by atoms with Gasteiger partial charge in [0.2, 0.25) is 0 Å². The lowest BCUT2D eigenvalue weighted by Gasteiger charge is -2.21. The van der Waals surface area contributed by atoms with E-state index in [0.29, 0.717) is 28.6 Å². The van der Waals surface area contributed by atoms with Gasteiger partial charge in [0.1, 0.15) is 46.9 Å². The zero-order chi connectivity index (χ0) is 29.0. The minimum Gasteiger partial charge on any atom is -0.489 e. The highest BCUT2D eigenvalue weighted by Crippen LogP contribution is 2.35. The number of carbonyl (C=O) groups excluding carboxylic acids is 2. The molecule has 4 aromatic rings. The molecule has 41 heavy (non-hydrogen) atoms. The third kappa shape index (κ3) is 6.69. The molecular formula is C32H28N4O5. The summed E-state index contributed by atoms with van der Waals surface area (Å²) in [5, 5.41) is 12.5. The molecule has 206 valence electrons. The molecule has 0 saturated heterocycles. The largest absolute Gasteiger partial charge is 0.489 e. The number of likely N-dealkylation sites (N-methyl/N-ethyl adjacent to an activating group) is 1. The summed E-state index contributed by atoms with van der Waals surface area (Å²) >= 11 is 0. The van der Waals surface area contributed by atoms with Crippen LogP contribution in [0.3, 0.4) is 0 Å². The van der Waals surface area contributed by atoms with Gasteiger partial charge in [-0.15, -0.1) is 0 Å². The number of nitrogens with one attached hydrogen (secondary N) is 1. The molecule has 0 radical (unpaired) electrons. The van der Waals surface area contributed by atoms with Crippen LogP contribution in [0.25, 0.3) is 11.1 Å². The minimum absolute atomic E-state index is 0.0441. The maximum absolute atomic E-state index is 13.4. The molecule has 2 aromatic carbocycles. The van der Waals surface area contributed by atoms with E-state index in [1.54, 1.807) is 57.4 Å². The molecule has 9 heteroatoms. The van der Waals surface area contributed by atoms with Gasteiger partial charge >= 0.3 is 0 Å². The van der Waals surface area contributed by atoms with E-state index in [9.17, 15) is 14.7 Å². The Labute approximate surface area is 237 Å². The number of aliphatic hydroxyl groups is 1. The molecule has 5 rings (SSSR count). The van der Waals surface area contributed by atoms with Gasteiger partial charge in [0.25, 0.3) is 11.8 Å². The van der Waals surface area contributed by atoms with Gasteiger partial charge < -0.3 is 24.8 Å². The average Bonchev–Trinajstić information content (AvgIpc) is 3.08. The van der Waals surface area contributed by atoms with Crippen LogP contribution < -0.4 is 19.7 Å². The third-order valence-corrected chi connectivity index (χ3v) is 6.20. The van der Waals surface area contributed by atoms with Crippen LogP contribution >= 0.6 is 0 Å².